The zero-order valence-electron chi connectivity index (χ0n) is 45.6. The van der Waals surface area contributed by atoms with Gasteiger partial charge in [-0.1, -0.05) is 157 Å². The number of aromatic nitrogens is 4. The Morgan fingerprint density at radius 2 is 1.43 bits per heavy atom. The zero-order chi connectivity index (χ0) is 53.6. The molecule has 2 saturated heterocycles. The van der Waals surface area contributed by atoms with Crippen LogP contribution in [0.15, 0.2) is 90.4 Å². The van der Waals surface area contributed by atoms with Gasteiger partial charge in [-0.3, -0.25) is 19.3 Å². The molecule has 5 heterocycles. The molecule has 2 fully saturated rings. The van der Waals surface area contributed by atoms with Crippen molar-refractivity contribution in [3.63, 3.8) is 0 Å². The van der Waals surface area contributed by atoms with Crippen LogP contribution in [0.2, 0.25) is 0 Å². The van der Waals surface area contributed by atoms with Crippen LogP contribution in [-0.4, -0.2) is 121 Å². The quantitative estimate of drug-likeness (QED) is 0.0405. The van der Waals surface area contributed by atoms with Crippen LogP contribution in [0.25, 0.3) is 38.5 Å². The van der Waals surface area contributed by atoms with Crippen LogP contribution in [-0.2, 0) is 27.3 Å². The molecule has 4 N–H and O–H groups in total. The average molecular weight is 1050 g/mol. The second-order valence-electron chi connectivity index (χ2n) is 22.1. The third-order valence-electron chi connectivity index (χ3n) is 15.2. The summed E-state index contributed by atoms with van der Waals surface area (Å²) >= 11 is 1.59. The molecule has 3 aromatic heterocycles. The summed E-state index contributed by atoms with van der Waals surface area (Å²) in [5, 5.41) is 31.2. The third kappa shape index (κ3) is 14.7. The SMILES string of the molecule is Cc1ncsc1-c1ccc(CNC(=O)[C@@H]2C[C@@H](O)CN2C(=O)[C@@H](NC(=O)CCCCCCCCCCCCCc2cccc(-c3c(C)nn4c(N5CCN(CCO)CC5)cc(-c5ccccc5)nc34)c2)C(C)(C)C)cc1. The van der Waals surface area contributed by atoms with Crippen LogP contribution < -0.4 is 15.5 Å². The highest BCUT2D eigenvalue weighted by atomic mass is 32.1. The van der Waals surface area contributed by atoms with Gasteiger partial charge in [-0.05, 0) is 60.8 Å². The van der Waals surface area contributed by atoms with E-state index < -0.39 is 23.6 Å². The standard InChI is InChI=1S/C61H81N9O5S/c1-43-55(58-64-51(47-23-17-15-18-24-47)39-54(70(58)66-43)68-33-31-67(32-34-68)35-36-71)49-25-20-22-45(37-49)21-16-13-11-9-7-6-8-10-12-14-19-26-53(73)65-57(61(3,4)5)60(75)69-41-50(72)38-52(69)59(74)62-40-46-27-29-48(30-28-46)56-44(2)63-42-76-56/h15,17-18,20,22-25,27-30,37,39,42,50,52,57,71-72H,6-14,16,19,21,26,31-36,38,40-41H2,1-5H3,(H,62,74)(H,65,73)/t50-,52+,57-/m1/s1. The number of hydrogen-bond acceptors (Lipinski definition) is 11. The van der Waals surface area contributed by atoms with Gasteiger partial charge in [-0.15, -0.1) is 11.3 Å². The number of aliphatic hydroxyl groups excluding tert-OH is 2. The van der Waals surface area contributed by atoms with Gasteiger partial charge in [-0.25, -0.2) is 9.97 Å². The molecule has 2 aliphatic heterocycles. The highest BCUT2D eigenvalue weighted by Gasteiger charge is 2.44. The van der Waals surface area contributed by atoms with Gasteiger partial charge in [-0.2, -0.15) is 9.61 Å². The van der Waals surface area contributed by atoms with E-state index in [2.05, 4.69) is 86.9 Å². The lowest BCUT2D eigenvalue weighted by Crippen LogP contribution is -2.57. The number of amides is 3. The molecule has 14 nitrogen and oxygen atoms in total. The highest BCUT2D eigenvalue weighted by Crippen LogP contribution is 2.34. The maximum atomic E-state index is 14.1. The minimum atomic E-state index is -0.827. The van der Waals surface area contributed by atoms with Crippen molar-refractivity contribution < 1.29 is 24.6 Å². The minimum absolute atomic E-state index is 0.0496. The summed E-state index contributed by atoms with van der Waals surface area (Å²) in [5.41, 5.74) is 11.7. The molecule has 76 heavy (non-hydrogen) atoms. The van der Waals surface area contributed by atoms with Crippen LogP contribution in [0.3, 0.4) is 0 Å². The van der Waals surface area contributed by atoms with Gasteiger partial charge in [0.25, 0.3) is 0 Å². The van der Waals surface area contributed by atoms with E-state index in [-0.39, 0.29) is 37.3 Å². The Morgan fingerprint density at radius 3 is 2.09 bits per heavy atom. The molecule has 3 atom stereocenters. The van der Waals surface area contributed by atoms with Gasteiger partial charge < -0.3 is 30.6 Å². The first kappa shape index (κ1) is 56.2. The van der Waals surface area contributed by atoms with E-state index >= 15 is 0 Å². The molecule has 0 spiro atoms. The lowest BCUT2D eigenvalue weighted by atomic mass is 9.85. The normalized spacial score (nSPS) is 16.6. The summed E-state index contributed by atoms with van der Waals surface area (Å²) in [5.74, 6) is 0.237. The molecule has 0 saturated carbocycles. The third-order valence-corrected chi connectivity index (χ3v) is 16.2. The van der Waals surface area contributed by atoms with Crippen LogP contribution in [0, 0.1) is 19.3 Å². The Kier molecular flexibility index (Phi) is 19.9. The molecular weight excluding hydrogens is 971 g/mol. The monoisotopic (exact) mass is 1050 g/mol. The van der Waals surface area contributed by atoms with Gasteiger partial charge in [0.2, 0.25) is 17.7 Å². The maximum Gasteiger partial charge on any atom is 0.246 e. The Balaban J connectivity index is 0.719. The van der Waals surface area contributed by atoms with Crippen molar-refractivity contribution in [2.45, 2.75) is 149 Å². The fourth-order valence-electron chi connectivity index (χ4n) is 10.9. The Morgan fingerprint density at radius 1 is 0.763 bits per heavy atom. The molecule has 406 valence electrons. The van der Waals surface area contributed by atoms with Gasteiger partial charge in [0.1, 0.15) is 17.9 Å². The second kappa shape index (κ2) is 26.9. The number of carbonyl (C=O) groups excluding carboxylic acids is 3. The molecule has 0 unspecified atom stereocenters. The fourth-order valence-corrected chi connectivity index (χ4v) is 11.7. The van der Waals surface area contributed by atoms with Crippen molar-refractivity contribution in [1.29, 1.82) is 0 Å². The molecule has 2 aliphatic rings. The number of β-amino-alcohol motifs (C(OH)–C–C–N with tert-alkyl or cyclic N) is 2. The minimum Gasteiger partial charge on any atom is -0.395 e. The van der Waals surface area contributed by atoms with Crippen LogP contribution in [0.5, 0.6) is 0 Å². The van der Waals surface area contributed by atoms with Crippen LogP contribution in [0.1, 0.15) is 127 Å². The largest absolute Gasteiger partial charge is 0.395 e. The van der Waals surface area contributed by atoms with Gasteiger partial charge in [0.15, 0.2) is 5.65 Å². The molecule has 0 radical (unpaired) electrons. The fraction of sp³-hybridized carbons (Fsp3) is 0.508. The first-order valence-corrected chi connectivity index (χ1v) is 28.8. The van der Waals surface area contributed by atoms with Crippen molar-refractivity contribution in [3.05, 3.63) is 113 Å². The number of carbonyl (C=O) groups is 3. The average Bonchev–Trinajstić information content (AvgIpc) is 4.15. The molecule has 6 aromatic rings. The number of unbranched alkanes of at least 4 members (excludes halogenated alkanes) is 10. The maximum absolute atomic E-state index is 14.1. The van der Waals surface area contributed by atoms with E-state index in [1.807, 2.05) is 68.1 Å². The Labute approximate surface area is 454 Å². The topological polar surface area (TPSA) is 169 Å². The van der Waals surface area contributed by atoms with Crippen molar-refractivity contribution in [2.75, 3.05) is 50.8 Å². The number of thiazole rings is 1. The summed E-state index contributed by atoms with van der Waals surface area (Å²) in [6.45, 7) is 14.6. The summed E-state index contributed by atoms with van der Waals surface area (Å²) in [4.78, 5) is 57.7. The van der Waals surface area contributed by atoms with Crippen LogP contribution in [0.4, 0.5) is 5.82 Å². The molecule has 0 bridgehead atoms. The molecule has 8 rings (SSSR count). The highest BCUT2D eigenvalue weighted by molar-refractivity contribution is 7.13. The number of aliphatic hydroxyl groups is 2. The van der Waals surface area contributed by atoms with Crippen molar-refractivity contribution in [3.8, 4) is 32.8 Å². The Hall–Kier alpha value is -6.00. The van der Waals surface area contributed by atoms with Gasteiger partial charge in [0, 0.05) is 75.8 Å². The smallest absolute Gasteiger partial charge is 0.246 e. The first-order valence-electron chi connectivity index (χ1n) is 28.0. The number of hydrogen-bond donors (Lipinski definition) is 4. The van der Waals surface area contributed by atoms with Crippen LogP contribution >= 0.6 is 11.3 Å². The first-order chi connectivity index (χ1) is 36.8. The predicted octanol–water partition coefficient (Wildman–Crippen LogP) is 9.95. The number of fused-ring (bicyclic) bond motifs is 1. The summed E-state index contributed by atoms with van der Waals surface area (Å²) in [7, 11) is 0. The summed E-state index contributed by atoms with van der Waals surface area (Å²) in [6.07, 6.45) is 13.2. The van der Waals surface area contributed by atoms with Gasteiger partial charge >= 0.3 is 0 Å². The molecule has 15 heteroatoms. The number of piperazine rings is 1. The number of anilines is 1. The number of nitrogens with one attached hydrogen (secondary N) is 2. The number of benzene rings is 3. The molecule has 0 aliphatic carbocycles. The zero-order valence-corrected chi connectivity index (χ0v) is 46.4. The van der Waals surface area contributed by atoms with E-state index in [1.54, 1.807) is 11.3 Å². The van der Waals surface area contributed by atoms with Crippen molar-refractivity contribution >= 4 is 40.5 Å². The molecular formula is C61H81N9O5S. The van der Waals surface area contributed by atoms with Crippen molar-refractivity contribution in [1.82, 2.24) is 40.0 Å². The summed E-state index contributed by atoms with van der Waals surface area (Å²) < 4.78 is 2.04. The lowest BCUT2D eigenvalue weighted by Gasteiger charge is -2.35. The summed E-state index contributed by atoms with van der Waals surface area (Å²) in [6, 6.07) is 27.9. The number of rotatable bonds is 25. The number of aryl methyl sites for hydroxylation is 3. The Bertz CT molecular complexity index is 2830. The van der Waals surface area contributed by atoms with E-state index in [0.717, 1.165) is 126 Å². The molecule has 3 aromatic carbocycles. The molecule has 3 amide bonds. The van der Waals surface area contributed by atoms with Crippen molar-refractivity contribution in [2.24, 2.45) is 5.41 Å². The van der Waals surface area contributed by atoms with E-state index in [9.17, 15) is 24.6 Å². The lowest BCUT2D eigenvalue weighted by molar-refractivity contribution is -0.144. The second-order valence-corrected chi connectivity index (χ2v) is 23.0. The van der Waals surface area contributed by atoms with E-state index in [0.29, 0.717) is 19.5 Å². The predicted molar refractivity (Wildman–Crippen MR) is 305 cm³/mol. The van der Waals surface area contributed by atoms with E-state index in [4.69, 9.17) is 10.1 Å². The number of likely N-dealkylation sites (tertiary alicyclic amines) is 1. The van der Waals surface area contributed by atoms with E-state index in [1.165, 1.54) is 49.0 Å². The van der Waals surface area contributed by atoms with Gasteiger partial charge in [0.05, 0.1) is 40.2 Å². The number of nitrogens with zero attached hydrogens (tertiary/aromatic N) is 7.